The Balaban J connectivity index is 0.000000764. The Bertz CT molecular complexity index is 1480. The molecule has 50 heavy (non-hydrogen) atoms. The summed E-state index contributed by atoms with van der Waals surface area (Å²) in [6.07, 6.45) is 12.0. The SMILES string of the molecule is CC(=O)[C@@H](N)CC(C)C.CCN1NC(C(C)(C)/C=C2/N=C(N(C)/C=C\C(=C(C)C)c3cccc(C)c3)C=C(N3CCOCC3)N2C)C=C1C.Cl. The normalized spacial score (nSPS) is 19.4. The van der Waals surface area contributed by atoms with Gasteiger partial charge in [0.05, 0.1) is 25.3 Å². The Kier molecular flexibility index (Phi) is 16.5. The third-order valence-corrected chi connectivity index (χ3v) is 9.20. The maximum absolute atomic E-state index is 10.6. The molecule has 0 aliphatic carbocycles. The second-order valence-electron chi connectivity index (χ2n) is 14.7. The molecule has 1 aromatic rings. The molecule has 0 spiro atoms. The number of ether oxygens (including phenoxy) is 1. The quantitative estimate of drug-likeness (QED) is 0.249. The van der Waals surface area contributed by atoms with E-state index < -0.39 is 0 Å². The number of rotatable bonds is 10. The lowest BCUT2D eigenvalue weighted by Gasteiger charge is -2.39. The lowest BCUT2D eigenvalue weighted by atomic mass is 9.84. The van der Waals surface area contributed by atoms with Crippen LogP contribution in [0.2, 0.25) is 0 Å². The van der Waals surface area contributed by atoms with Crippen molar-refractivity contribution in [3.63, 3.8) is 0 Å². The van der Waals surface area contributed by atoms with Crippen molar-refractivity contribution in [1.29, 1.82) is 0 Å². The molecule has 0 radical (unpaired) electrons. The zero-order valence-electron chi connectivity index (χ0n) is 32.7. The monoisotopic (exact) mass is 709 g/mol. The summed E-state index contributed by atoms with van der Waals surface area (Å²) in [5, 5.41) is 2.22. The Morgan fingerprint density at radius 3 is 2.36 bits per heavy atom. The highest BCUT2D eigenvalue weighted by atomic mass is 35.5. The van der Waals surface area contributed by atoms with Crippen LogP contribution >= 0.6 is 12.4 Å². The molecule has 0 bridgehead atoms. The number of carbonyl (C=O) groups is 1. The largest absolute Gasteiger partial charge is 0.378 e. The first-order valence-corrected chi connectivity index (χ1v) is 17.8. The summed E-state index contributed by atoms with van der Waals surface area (Å²) < 4.78 is 5.67. The number of hydrogen-bond donors (Lipinski definition) is 2. The number of hydrogen-bond acceptors (Lipinski definition) is 9. The summed E-state index contributed by atoms with van der Waals surface area (Å²) >= 11 is 0. The average molecular weight is 710 g/mol. The highest BCUT2D eigenvalue weighted by Crippen LogP contribution is 2.33. The number of benzene rings is 1. The molecule has 3 heterocycles. The molecule has 3 N–H and O–H groups in total. The summed E-state index contributed by atoms with van der Waals surface area (Å²) in [4.78, 5) is 22.5. The van der Waals surface area contributed by atoms with Crippen LogP contribution in [0.4, 0.5) is 0 Å². The number of aliphatic imine (C=N–C) groups is 1. The van der Waals surface area contributed by atoms with Crippen LogP contribution in [0, 0.1) is 18.3 Å². The number of aryl methyl sites for hydroxylation is 1. The van der Waals surface area contributed by atoms with Gasteiger partial charge in [-0.3, -0.25) is 4.79 Å². The summed E-state index contributed by atoms with van der Waals surface area (Å²) in [6, 6.07) is 8.63. The van der Waals surface area contributed by atoms with Crippen LogP contribution in [-0.4, -0.2) is 90.4 Å². The number of amidine groups is 1. The molecule has 0 amide bonds. The van der Waals surface area contributed by atoms with Crippen molar-refractivity contribution >= 4 is 29.6 Å². The van der Waals surface area contributed by atoms with Gasteiger partial charge in [0.2, 0.25) is 0 Å². The fraction of sp³-hybridized carbons (Fsp3) is 0.550. The van der Waals surface area contributed by atoms with Crippen LogP contribution in [0.15, 0.2) is 82.7 Å². The van der Waals surface area contributed by atoms with E-state index in [1.165, 1.54) is 34.9 Å². The average Bonchev–Trinajstić information content (AvgIpc) is 3.43. The van der Waals surface area contributed by atoms with Crippen molar-refractivity contribution in [1.82, 2.24) is 25.1 Å². The Morgan fingerprint density at radius 2 is 1.84 bits per heavy atom. The molecule has 4 rings (SSSR count). The number of halogens is 1. The molecule has 0 aromatic heterocycles. The van der Waals surface area contributed by atoms with Crippen LogP contribution in [0.3, 0.4) is 0 Å². The van der Waals surface area contributed by atoms with E-state index in [0.717, 1.165) is 56.7 Å². The minimum Gasteiger partial charge on any atom is -0.378 e. The van der Waals surface area contributed by atoms with E-state index in [0.29, 0.717) is 5.92 Å². The van der Waals surface area contributed by atoms with Crippen molar-refractivity contribution in [2.45, 2.75) is 87.7 Å². The van der Waals surface area contributed by atoms with E-state index >= 15 is 0 Å². The van der Waals surface area contributed by atoms with Gasteiger partial charge in [0.25, 0.3) is 0 Å². The van der Waals surface area contributed by atoms with Gasteiger partial charge in [0, 0.05) is 57.1 Å². The smallest absolute Gasteiger partial charge is 0.146 e. The Morgan fingerprint density at radius 1 is 1.18 bits per heavy atom. The second kappa shape index (κ2) is 19.3. The molecular formula is C40H64ClN7O2. The number of morpholine rings is 1. The number of Topliss-reactive ketones (excluding diaryl/α,β-unsaturated/α-hetero) is 1. The molecule has 3 aliphatic rings. The van der Waals surface area contributed by atoms with E-state index in [-0.39, 0.29) is 35.7 Å². The fourth-order valence-corrected chi connectivity index (χ4v) is 6.04. The molecule has 0 saturated carbocycles. The van der Waals surface area contributed by atoms with Gasteiger partial charge in [0.15, 0.2) is 0 Å². The highest BCUT2D eigenvalue weighted by Gasteiger charge is 2.34. The van der Waals surface area contributed by atoms with Crippen molar-refractivity contribution < 1.29 is 9.53 Å². The first-order valence-electron chi connectivity index (χ1n) is 17.8. The summed E-state index contributed by atoms with van der Waals surface area (Å²) in [5.41, 5.74) is 15.2. The van der Waals surface area contributed by atoms with E-state index in [9.17, 15) is 4.79 Å². The summed E-state index contributed by atoms with van der Waals surface area (Å²) in [7, 11) is 4.21. The number of likely N-dealkylation sites (N-methyl/N-ethyl adjacent to an activating group) is 1. The second-order valence-corrected chi connectivity index (χ2v) is 14.7. The topological polar surface area (TPSA) is 89.7 Å². The molecule has 278 valence electrons. The van der Waals surface area contributed by atoms with Crippen molar-refractivity contribution in [3.8, 4) is 0 Å². The number of nitrogens with one attached hydrogen (secondary N) is 1. The molecule has 10 heteroatoms. The minimum atomic E-state index is -0.245. The number of allylic oxidation sites excluding steroid dienone is 4. The van der Waals surface area contributed by atoms with Crippen LogP contribution in [0.5, 0.6) is 0 Å². The minimum absolute atomic E-state index is 0. The zero-order valence-corrected chi connectivity index (χ0v) is 33.5. The lowest BCUT2D eigenvalue weighted by Crippen LogP contribution is -2.45. The predicted molar refractivity (Wildman–Crippen MR) is 212 cm³/mol. The first kappa shape index (κ1) is 42.8. The van der Waals surface area contributed by atoms with Gasteiger partial charge in [-0.2, -0.15) is 0 Å². The van der Waals surface area contributed by atoms with E-state index in [2.05, 4.69) is 156 Å². The van der Waals surface area contributed by atoms with Crippen LogP contribution in [0.1, 0.15) is 79.9 Å². The van der Waals surface area contributed by atoms with Crippen LogP contribution in [0.25, 0.3) is 5.57 Å². The predicted octanol–water partition coefficient (Wildman–Crippen LogP) is 7.10. The molecule has 3 aliphatic heterocycles. The van der Waals surface area contributed by atoms with Crippen LogP contribution < -0.4 is 11.2 Å². The molecule has 1 saturated heterocycles. The fourth-order valence-electron chi connectivity index (χ4n) is 6.04. The van der Waals surface area contributed by atoms with Gasteiger partial charge < -0.3 is 30.2 Å². The number of ketones is 1. The van der Waals surface area contributed by atoms with Gasteiger partial charge in [0.1, 0.15) is 23.3 Å². The number of carbonyl (C=O) groups excluding carboxylic acids is 1. The van der Waals surface area contributed by atoms with Crippen LogP contribution in [-0.2, 0) is 9.53 Å². The molecule has 1 unspecified atom stereocenters. The third kappa shape index (κ3) is 11.9. The number of nitrogens with zero attached hydrogens (tertiary/aromatic N) is 5. The highest BCUT2D eigenvalue weighted by molar-refractivity contribution is 5.96. The number of hydrazine groups is 1. The Hall–Kier alpha value is -3.37. The van der Waals surface area contributed by atoms with E-state index in [1.807, 2.05) is 0 Å². The lowest BCUT2D eigenvalue weighted by molar-refractivity contribution is -0.118. The molecular weight excluding hydrogens is 646 g/mol. The first-order chi connectivity index (χ1) is 23.0. The number of nitrogens with two attached hydrogens (primary N) is 1. The van der Waals surface area contributed by atoms with Gasteiger partial charge >= 0.3 is 0 Å². The standard InChI is InChI=1S/C33H48N6O.C7H15NO.ClH/c1-10-39-26(5)21-29(35-39)33(6,7)23-31-34-30(22-32(37(31)9)38-16-18-40-19-17-38)36(8)15-14-28(24(2)3)27-13-11-12-25(4)20-27;1-5(2)4-7(8)6(3)9;/h11-15,20-23,29,35H,10,16-19H2,1-9H3;5,7H,4,8H2,1-3H3;1H/b15-14-,31-23-;;/t;7-;/m.0./s1. The van der Waals surface area contributed by atoms with Crippen molar-refractivity contribution in [2.24, 2.45) is 22.1 Å². The van der Waals surface area contributed by atoms with Gasteiger partial charge in [-0.1, -0.05) is 63.1 Å². The van der Waals surface area contributed by atoms with Crippen molar-refractivity contribution in [3.05, 3.63) is 88.8 Å². The van der Waals surface area contributed by atoms with Crippen molar-refractivity contribution in [2.75, 3.05) is 46.9 Å². The molecule has 1 aromatic carbocycles. The molecule has 1 fully saturated rings. The zero-order chi connectivity index (χ0) is 36.5. The van der Waals surface area contributed by atoms with Gasteiger partial charge in [-0.15, -0.1) is 12.4 Å². The van der Waals surface area contributed by atoms with E-state index in [4.69, 9.17) is 15.5 Å². The molecule has 9 nitrogen and oxygen atoms in total. The van der Waals surface area contributed by atoms with E-state index in [1.54, 1.807) is 0 Å². The summed E-state index contributed by atoms with van der Waals surface area (Å²) in [5.74, 6) is 3.62. The molecule has 2 atom stereocenters. The summed E-state index contributed by atoms with van der Waals surface area (Å²) in [6.45, 7) is 25.2. The van der Waals surface area contributed by atoms with Gasteiger partial charge in [-0.25, -0.2) is 10.4 Å². The van der Waals surface area contributed by atoms with Gasteiger partial charge in [-0.05, 0) is 83.2 Å². The Labute approximate surface area is 309 Å². The maximum Gasteiger partial charge on any atom is 0.146 e. The third-order valence-electron chi connectivity index (χ3n) is 9.20. The maximum atomic E-state index is 10.6.